The van der Waals surface area contributed by atoms with E-state index in [4.69, 9.17) is 4.74 Å². The Hall–Kier alpha value is -1.52. The molecule has 0 heterocycles. The molecular weight excluding hydrogens is 254 g/mol. The van der Waals surface area contributed by atoms with Crippen molar-refractivity contribution < 1.29 is 14.9 Å². The molecule has 1 aromatic rings. The summed E-state index contributed by atoms with van der Waals surface area (Å²) < 4.78 is 5.20. The number of hydrogen-bond acceptors (Lipinski definition) is 4. The van der Waals surface area contributed by atoms with Crippen LogP contribution in [0.4, 0.5) is 0 Å². The number of benzene rings is 1. The molecule has 0 atom stereocenters. The lowest BCUT2D eigenvalue weighted by atomic mass is 10.0. The molecule has 0 saturated heterocycles. The van der Waals surface area contributed by atoms with Crippen molar-refractivity contribution in [3.8, 4) is 11.5 Å². The van der Waals surface area contributed by atoms with Crippen LogP contribution in [0.3, 0.4) is 0 Å². The Balaban J connectivity index is 2.95. The smallest absolute Gasteiger partial charge is 0.161 e. The monoisotopic (exact) mass is 279 g/mol. The van der Waals surface area contributed by atoms with E-state index in [1.807, 2.05) is 24.1 Å². The number of aromatic hydroxyl groups is 1. The molecule has 0 radical (unpaired) electrons. The summed E-state index contributed by atoms with van der Waals surface area (Å²) in [5, 5.41) is 19.9. The fourth-order valence-corrected chi connectivity index (χ4v) is 2.31. The highest BCUT2D eigenvalue weighted by Crippen LogP contribution is 2.32. The van der Waals surface area contributed by atoms with Gasteiger partial charge in [0.1, 0.15) is 0 Å². The third-order valence-electron chi connectivity index (χ3n) is 2.91. The second-order valence-electron chi connectivity index (χ2n) is 5.78. The molecule has 0 amide bonds. The van der Waals surface area contributed by atoms with Crippen LogP contribution >= 0.6 is 0 Å². The van der Waals surface area contributed by atoms with Gasteiger partial charge in [-0.15, -0.1) is 6.58 Å². The van der Waals surface area contributed by atoms with Crippen LogP contribution in [0.2, 0.25) is 0 Å². The van der Waals surface area contributed by atoms with Gasteiger partial charge >= 0.3 is 0 Å². The van der Waals surface area contributed by atoms with Crippen LogP contribution in [0.25, 0.3) is 0 Å². The van der Waals surface area contributed by atoms with Crippen molar-refractivity contribution in [2.75, 3.05) is 20.7 Å². The number of rotatable bonds is 7. The minimum absolute atomic E-state index is 0.168. The Kier molecular flexibility index (Phi) is 5.60. The maximum Gasteiger partial charge on any atom is 0.161 e. The first-order chi connectivity index (χ1) is 9.26. The maximum absolute atomic E-state index is 10.0. The zero-order valence-corrected chi connectivity index (χ0v) is 12.8. The minimum Gasteiger partial charge on any atom is -0.504 e. The molecule has 112 valence electrons. The van der Waals surface area contributed by atoms with E-state index < -0.39 is 5.60 Å². The van der Waals surface area contributed by atoms with Gasteiger partial charge in [0.2, 0.25) is 0 Å². The van der Waals surface area contributed by atoms with Crippen molar-refractivity contribution in [2.45, 2.75) is 32.4 Å². The van der Waals surface area contributed by atoms with Crippen LogP contribution in [0.15, 0.2) is 24.8 Å². The lowest BCUT2D eigenvalue weighted by Gasteiger charge is -2.25. The summed E-state index contributed by atoms with van der Waals surface area (Å²) in [6.45, 7) is 8.49. The Morgan fingerprint density at radius 1 is 1.40 bits per heavy atom. The van der Waals surface area contributed by atoms with E-state index in [0.29, 0.717) is 25.3 Å². The highest BCUT2D eigenvalue weighted by atomic mass is 16.5. The highest BCUT2D eigenvalue weighted by molar-refractivity contribution is 5.49. The largest absolute Gasteiger partial charge is 0.504 e. The van der Waals surface area contributed by atoms with E-state index in [2.05, 4.69) is 6.58 Å². The number of phenolic OH excluding ortho intramolecular Hbond substituents is 1. The van der Waals surface area contributed by atoms with Gasteiger partial charge in [0.15, 0.2) is 11.5 Å². The van der Waals surface area contributed by atoms with Crippen molar-refractivity contribution in [2.24, 2.45) is 0 Å². The van der Waals surface area contributed by atoms with Crippen LogP contribution in [0.1, 0.15) is 25.0 Å². The Morgan fingerprint density at radius 2 is 2.05 bits per heavy atom. The van der Waals surface area contributed by atoms with Crippen LogP contribution in [-0.4, -0.2) is 41.4 Å². The van der Waals surface area contributed by atoms with Gasteiger partial charge in [-0.05, 0) is 38.9 Å². The van der Waals surface area contributed by atoms with Crippen molar-refractivity contribution in [1.29, 1.82) is 0 Å². The second kappa shape index (κ2) is 6.77. The molecule has 0 spiro atoms. The number of ether oxygens (including phenoxy) is 1. The number of phenols is 1. The normalized spacial score (nSPS) is 11.7. The zero-order valence-electron chi connectivity index (χ0n) is 12.8. The molecule has 2 N–H and O–H groups in total. The van der Waals surface area contributed by atoms with E-state index >= 15 is 0 Å². The Bertz CT molecular complexity index is 464. The maximum atomic E-state index is 10.0. The van der Waals surface area contributed by atoms with Crippen molar-refractivity contribution in [3.05, 3.63) is 35.9 Å². The van der Waals surface area contributed by atoms with Crippen LogP contribution in [-0.2, 0) is 13.0 Å². The number of aliphatic hydroxyl groups is 1. The summed E-state index contributed by atoms with van der Waals surface area (Å²) in [5.74, 6) is 0.636. The van der Waals surface area contributed by atoms with Crippen molar-refractivity contribution in [3.63, 3.8) is 0 Å². The molecule has 4 nitrogen and oxygen atoms in total. The standard InChI is InChI=1S/C16H25NO3/c1-6-7-13-8-12(9-14(20-5)15(13)18)10-17(4)11-16(2,3)19/h6,8-9,18-19H,1,7,10-11H2,2-5H3. The van der Waals surface area contributed by atoms with Gasteiger partial charge in [-0.3, -0.25) is 4.90 Å². The summed E-state index contributed by atoms with van der Waals surface area (Å²) in [7, 11) is 3.49. The third kappa shape index (κ3) is 4.87. The molecule has 0 unspecified atom stereocenters. The molecule has 0 aliphatic rings. The fourth-order valence-electron chi connectivity index (χ4n) is 2.31. The van der Waals surface area contributed by atoms with Gasteiger partial charge in [-0.2, -0.15) is 0 Å². The molecule has 0 saturated carbocycles. The predicted molar refractivity (Wildman–Crippen MR) is 81.2 cm³/mol. The first kappa shape index (κ1) is 16.5. The van der Waals surface area contributed by atoms with Crippen LogP contribution < -0.4 is 4.74 Å². The second-order valence-corrected chi connectivity index (χ2v) is 5.78. The quantitative estimate of drug-likeness (QED) is 0.752. The Labute approximate surface area is 121 Å². The van der Waals surface area contributed by atoms with Crippen LogP contribution in [0.5, 0.6) is 11.5 Å². The summed E-state index contributed by atoms with van der Waals surface area (Å²) in [5.41, 5.74) is 1.09. The molecule has 1 aromatic carbocycles. The average molecular weight is 279 g/mol. The van der Waals surface area contributed by atoms with Crippen LogP contribution in [0, 0.1) is 0 Å². The van der Waals surface area contributed by atoms with Gasteiger partial charge < -0.3 is 14.9 Å². The molecule has 0 aliphatic carbocycles. The highest BCUT2D eigenvalue weighted by Gasteiger charge is 2.17. The van der Waals surface area contributed by atoms with Gasteiger partial charge in [0.05, 0.1) is 12.7 Å². The molecule has 4 heteroatoms. The number of nitrogens with zero attached hydrogens (tertiary/aromatic N) is 1. The number of hydrogen-bond donors (Lipinski definition) is 2. The lowest BCUT2D eigenvalue weighted by Crippen LogP contribution is -2.35. The molecular formula is C16H25NO3. The van der Waals surface area contributed by atoms with E-state index in [9.17, 15) is 10.2 Å². The van der Waals surface area contributed by atoms with Gasteiger partial charge in [-0.1, -0.05) is 12.1 Å². The molecule has 20 heavy (non-hydrogen) atoms. The van der Waals surface area contributed by atoms with Gasteiger partial charge in [0, 0.05) is 18.7 Å². The number of likely N-dealkylation sites (N-methyl/N-ethyl adjacent to an activating group) is 1. The molecule has 0 fully saturated rings. The summed E-state index contributed by atoms with van der Waals surface area (Å²) in [4.78, 5) is 2.03. The molecule has 0 bridgehead atoms. The third-order valence-corrected chi connectivity index (χ3v) is 2.91. The summed E-state index contributed by atoms with van der Waals surface area (Å²) >= 11 is 0. The first-order valence-electron chi connectivity index (χ1n) is 6.67. The predicted octanol–water partition coefficient (Wildman–Crippen LogP) is 2.33. The SMILES string of the molecule is C=CCc1cc(CN(C)CC(C)(C)O)cc(OC)c1O. The van der Waals surface area contributed by atoms with E-state index in [1.54, 1.807) is 19.9 Å². The first-order valence-corrected chi connectivity index (χ1v) is 6.67. The molecule has 0 aliphatic heterocycles. The molecule has 1 rings (SSSR count). The van der Waals surface area contributed by atoms with Gasteiger partial charge in [0.25, 0.3) is 0 Å². The minimum atomic E-state index is -0.736. The number of allylic oxidation sites excluding steroid dienone is 1. The number of methoxy groups -OCH3 is 1. The topological polar surface area (TPSA) is 52.9 Å². The Morgan fingerprint density at radius 3 is 2.55 bits per heavy atom. The van der Waals surface area contributed by atoms with Crippen molar-refractivity contribution in [1.82, 2.24) is 4.90 Å². The fraction of sp³-hybridized carbons (Fsp3) is 0.500. The van der Waals surface area contributed by atoms with E-state index in [1.165, 1.54) is 7.11 Å². The van der Waals surface area contributed by atoms with E-state index in [-0.39, 0.29) is 5.75 Å². The molecule has 0 aromatic heterocycles. The average Bonchev–Trinajstić information content (AvgIpc) is 2.30. The summed E-state index contributed by atoms with van der Waals surface area (Å²) in [6.07, 6.45) is 2.34. The van der Waals surface area contributed by atoms with Gasteiger partial charge in [-0.25, -0.2) is 0 Å². The lowest BCUT2D eigenvalue weighted by molar-refractivity contribution is 0.0424. The van der Waals surface area contributed by atoms with E-state index in [0.717, 1.165) is 11.1 Å². The zero-order chi connectivity index (χ0) is 15.3. The van der Waals surface area contributed by atoms with Crippen molar-refractivity contribution >= 4 is 0 Å². The summed E-state index contributed by atoms with van der Waals surface area (Å²) in [6, 6.07) is 3.77.